The first-order chi connectivity index (χ1) is 11.1. The summed E-state index contributed by atoms with van der Waals surface area (Å²) in [6.45, 7) is 5.29. The molecule has 3 heterocycles. The lowest BCUT2D eigenvalue weighted by Gasteiger charge is -2.27. The van der Waals surface area contributed by atoms with Crippen molar-refractivity contribution in [1.29, 1.82) is 0 Å². The van der Waals surface area contributed by atoms with Gasteiger partial charge in [0.1, 0.15) is 10.7 Å². The first-order valence-electron chi connectivity index (χ1n) is 7.63. The third-order valence-corrected chi connectivity index (χ3v) is 5.16. The minimum Gasteiger partial charge on any atom is -0.384 e. The van der Waals surface area contributed by atoms with Crippen molar-refractivity contribution >= 4 is 27.5 Å². The predicted molar refractivity (Wildman–Crippen MR) is 89.3 cm³/mol. The molecule has 1 aliphatic heterocycles. The molecule has 1 fully saturated rings. The van der Waals surface area contributed by atoms with E-state index in [-0.39, 0.29) is 11.5 Å². The number of hydrogen-bond donors (Lipinski definition) is 2. The number of aryl methyl sites for hydroxylation is 1. The van der Waals surface area contributed by atoms with Gasteiger partial charge in [0.15, 0.2) is 0 Å². The number of thiophene rings is 1. The molecule has 2 aromatic heterocycles. The van der Waals surface area contributed by atoms with Crippen LogP contribution in [0.5, 0.6) is 0 Å². The van der Waals surface area contributed by atoms with Crippen molar-refractivity contribution in [2.75, 3.05) is 39.9 Å². The SMILES string of the molecule is COCCc1nc2sc(C(=O)N3CCNCC3)c(C)c2c(=O)[nH]1. The molecular weight excluding hydrogens is 316 g/mol. The first kappa shape index (κ1) is 16.1. The van der Waals surface area contributed by atoms with Gasteiger partial charge in [0.2, 0.25) is 0 Å². The van der Waals surface area contributed by atoms with Crippen LogP contribution in [0.15, 0.2) is 4.79 Å². The summed E-state index contributed by atoms with van der Waals surface area (Å²) in [6.07, 6.45) is 0.541. The lowest BCUT2D eigenvalue weighted by molar-refractivity contribution is 0.0740. The number of H-pyrrole nitrogens is 1. The van der Waals surface area contributed by atoms with Crippen molar-refractivity contribution in [3.63, 3.8) is 0 Å². The van der Waals surface area contributed by atoms with Crippen LogP contribution in [0.25, 0.3) is 10.2 Å². The summed E-state index contributed by atoms with van der Waals surface area (Å²) >= 11 is 1.30. The summed E-state index contributed by atoms with van der Waals surface area (Å²) < 4.78 is 5.02. The molecule has 8 heteroatoms. The maximum Gasteiger partial charge on any atom is 0.264 e. The summed E-state index contributed by atoms with van der Waals surface area (Å²) in [4.78, 5) is 35.4. The molecule has 1 saturated heterocycles. The van der Waals surface area contributed by atoms with Crippen molar-refractivity contribution in [3.05, 3.63) is 26.6 Å². The number of aromatic nitrogens is 2. The molecule has 3 rings (SSSR count). The van der Waals surface area contributed by atoms with Gasteiger partial charge >= 0.3 is 0 Å². The van der Waals surface area contributed by atoms with Crippen LogP contribution in [0.4, 0.5) is 0 Å². The Bertz CT molecular complexity index is 777. The van der Waals surface area contributed by atoms with Gasteiger partial charge in [-0.25, -0.2) is 4.98 Å². The number of carbonyl (C=O) groups is 1. The molecule has 7 nitrogen and oxygen atoms in total. The number of methoxy groups -OCH3 is 1. The van der Waals surface area contributed by atoms with E-state index in [1.165, 1.54) is 11.3 Å². The maximum atomic E-state index is 12.7. The molecule has 0 aromatic carbocycles. The molecule has 2 aromatic rings. The van der Waals surface area contributed by atoms with Crippen molar-refractivity contribution in [1.82, 2.24) is 20.2 Å². The van der Waals surface area contributed by atoms with E-state index in [2.05, 4.69) is 15.3 Å². The van der Waals surface area contributed by atoms with E-state index in [0.717, 1.165) is 18.7 Å². The van der Waals surface area contributed by atoms with Crippen LogP contribution in [0.2, 0.25) is 0 Å². The Kier molecular flexibility index (Phi) is 4.74. The maximum absolute atomic E-state index is 12.7. The molecule has 0 atom stereocenters. The van der Waals surface area contributed by atoms with Gasteiger partial charge in [-0.2, -0.15) is 0 Å². The van der Waals surface area contributed by atoms with E-state index in [4.69, 9.17) is 4.74 Å². The topological polar surface area (TPSA) is 87.3 Å². The average Bonchev–Trinajstić information content (AvgIpc) is 2.90. The Labute approximate surface area is 137 Å². The second kappa shape index (κ2) is 6.77. The summed E-state index contributed by atoms with van der Waals surface area (Å²) in [5.41, 5.74) is 0.537. The summed E-state index contributed by atoms with van der Waals surface area (Å²) in [6, 6.07) is 0. The lowest BCUT2D eigenvalue weighted by atomic mass is 10.2. The normalized spacial score (nSPS) is 15.3. The monoisotopic (exact) mass is 336 g/mol. The number of nitrogens with one attached hydrogen (secondary N) is 2. The largest absolute Gasteiger partial charge is 0.384 e. The van der Waals surface area contributed by atoms with Gasteiger partial charge in [0.25, 0.3) is 11.5 Å². The molecule has 0 radical (unpaired) electrons. The molecule has 0 saturated carbocycles. The first-order valence-corrected chi connectivity index (χ1v) is 8.44. The minimum absolute atomic E-state index is 0.00941. The fourth-order valence-electron chi connectivity index (χ4n) is 2.72. The van der Waals surface area contributed by atoms with Gasteiger partial charge < -0.3 is 19.9 Å². The second-order valence-electron chi connectivity index (χ2n) is 5.53. The molecule has 1 aliphatic rings. The number of amides is 1. The van der Waals surface area contributed by atoms with Crippen LogP contribution in [-0.4, -0.2) is 60.7 Å². The third-order valence-electron chi connectivity index (χ3n) is 3.99. The Morgan fingerprint density at radius 1 is 1.39 bits per heavy atom. The number of hydrogen-bond acceptors (Lipinski definition) is 6. The van der Waals surface area contributed by atoms with Crippen molar-refractivity contribution in [3.8, 4) is 0 Å². The molecule has 0 spiro atoms. The van der Waals surface area contributed by atoms with Crippen LogP contribution < -0.4 is 10.9 Å². The van der Waals surface area contributed by atoms with E-state index in [1.807, 2.05) is 11.8 Å². The molecule has 0 aliphatic carbocycles. The molecule has 1 amide bonds. The lowest BCUT2D eigenvalue weighted by Crippen LogP contribution is -2.46. The molecule has 0 unspecified atom stereocenters. The number of fused-ring (bicyclic) bond motifs is 1. The highest BCUT2D eigenvalue weighted by Crippen LogP contribution is 2.28. The van der Waals surface area contributed by atoms with Crippen LogP contribution in [0.3, 0.4) is 0 Å². The zero-order valence-electron chi connectivity index (χ0n) is 13.3. The van der Waals surface area contributed by atoms with Crippen molar-refractivity contribution < 1.29 is 9.53 Å². The summed E-state index contributed by atoms with van der Waals surface area (Å²) in [5, 5.41) is 3.75. The van der Waals surface area contributed by atoms with Crippen molar-refractivity contribution in [2.24, 2.45) is 0 Å². The van der Waals surface area contributed by atoms with E-state index < -0.39 is 0 Å². The highest BCUT2D eigenvalue weighted by Gasteiger charge is 2.24. The number of rotatable bonds is 4. The smallest absolute Gasteiger partial charge is 0.264 e. The van der Waals surface area contributed by atoms with Gasteiger partial charge in [-0.3, -0.25) is 9.59 Å². The molecule has 124 valence electrons. The summed E-state index contributed by atoms with van der Waals surface area (Å²) in [7, 11) is 1.61. The predicted octanol–water partition coefficient (Wildman–Crippen LogP) is 0.527. The number of aromatic amines is 1. The van der Waals surface area contributed by atoms with E-state index in [1.54, 1.807) is 7.11 Å². The Morgan fingerprint density at radius 2 is 2.13 bits per heavy atom. The van der Waals surface area contributed by atoms with Gasteiger partial charge in [-0.1, -0.05) is 0 Å². The van der Waals surface area contributed by atoms with Crippen LogP contribution in [0.1, 0.15) is 21.1 Å². The van der Waals surface area contributed by atoms with Gasteiger partial charge in [0.05, 0.1) is 16.9 Å². The van der Waals surface area contributed by atoms with E-state index >= 15 is 0 Å². The Morgan fingerprint density at radius 3 is 2.83 bits per heavy atom. The van der Waals surface area contributed by atoms with E-state index in [0.29, 0.717) is 47.0 Å². The van der Waals surface area contributed by atoms with E-state index in [9.17, 15) is 9.59 Å². The highest BCUT2D eigenvalue weighted by molar-refractivity contribution is 7.20. The standard InChI is InChI=1S/C15H20N4O3S/c1-9-11-13(20)17-10(3-8-22-2)18-14(11)23-12(9)15(21)19-6-4-16-5-7-19/h16H,3-8H2,1-2H3,(H,17,18,20). The molecular formula is C15H20N4O3S. The summed E-state index contributed by atoms with van der Waals surface area (Å²) in [5.74, 6) is 0.580. The molecule has 0 bridgehead atoms. The van der Waals surface area contributed by atoms with Gasteiger partial charge in [-0.15, -0.1) is 11.3 Å². The number of carbonyl (C=O) groups excluding carboxylic acids is 1. The molecule has 2 N–H and O–H groups in total. The third kappa shape index (κ3) is 3.15. The van der Waals surface area contributed by atoms with Gasteiger partial charge in [-0.05, 0) is 12.5 Å². The quantitative estimate of drug-likeness (QED) is 0.850. The highest BCUT2D eigenvalue weighted by atomic mass is 32.1. The number of piperazine rings is 1. The Balaban J connectivity index is 1.98. The zero-order valence-corrected chi connectivity index (χ0v) is 14.1. The second-order valence-corrected chi connectivity index (χ2v) is 6.53. The van der Waals surface area contributed by atoms with Crippen molar-refractivity contribution in [2.45, 2.75) is 13.3 Å². The number of ether oxygens (including phenoxy) is 1. The van der Waals surface area contributed by atoms with Gasteiger partial charge in [0, 0.05) is 39.7 Å². The van der Waals surface area contributed by atoms with Crippen LogP contribution in [0, 0.1) is 6.92 Å². The molecule has 23 heavy (non-hydrogen) atoms. The van der Waals surface area contributed by atoms with Crippen LogP contribution in [-0.2, 0) is 11.2 Å². The average molecular weight is 336 g/mol. The fourth-order valence-corrected chi connectivity index (χ4v) is 3.89. The zero-order chi connectivity index (χ0) is 16.4. The minimum atomic E-state index is -0.186. The Hall–Kier alpha value is -1.77. The fraction of sp³-hybridized carbons (Fsp3) is 0.533. The number of nitrogens with zero attached hydrogens (tertiary/aromatic N) is 2. The van der Waals surface area contributed by atoms with Crippen LogP contribution >= 0.6 is 11.3 Å².